The summed E-state index contributed by atoms with van der Waals surface area (Å²) in [6.07, 6.45) is 0. The summed E-state index contributed by atoms with van der Waals surface area (Å²) < 4.78 is 2.34. The van der Waals surface area contributed by atoms with Crippen molar-refractivity contribution in [3.63, 3.8) is 0 Å². The molecule has 0 radical (unpaired) electrons. The van der Waals surface area contributed by atoms with Gasteiger partial charge in [0, 0.05) is 26.2 Å². The second-order valence-electron chi connectivity index (χ2n) is 3.31. The minimum atomic E-state index is -0.567. The molecule has 1 amide bonds. The fourth-order valence-electron chi connectivity index (χ4n) is 1.68. The molecule has 76 valence electrons. The van der Waals surface area contributed by atoms with E-state index in [-0.39, 0.29) is 5.91 Å². The molecule has 0 aromatic carbocycles. The van der Waals surface area contributed by atoms with Crippen molar-refractivity contribution in [2.24, 2.45) is 5.73 Å². The highest BCUT2D eigenvalue weighted by Crippen LogP contribution is 2.35. The molecule has 14 heavy (non-hydrogen) atoms. The van der Waals surface area contributed by atoms with Gasteiger partial charge in [-0.05, 0) is 19.5 Å². The van der Waals surface area contributed by atoms with E-state index in [4.69, 9.17) is 5.73 Å². The Hall–Kier alpha value is -0.830. The van der Waals surface area contributed by atoms with Crippen molar-refractivity contribution >= 4 is 13.6 Å². The molecule has 0 saturated carbocycles. The Labute approximate surface area is 84.2 Å². The minimum absolute atomic E-state index is 0.278. The zero-order valence-corrected chi connectivity index (χ0v) is 8.83. The Balaban J connectivity index is 2.21. The smallest absolute Gasteiger partial charge is 0.253 e. The Morgan fingerprint density at radius 1 is 1.50 bits per heavy atom. The molecule has 4 nitrogen and oxygen atoms in total. The summed E-state index contributed by atoms with van der Waals surface area (Å²) in [7, 11) is -0.567. The SMILES string of the molecule is NC(=O)c1cccp1N1CCNCC1. The van der Waals surface area contributed by atoms with Crippen LogP contribution in [0.2, 0.25) is 0 Å². The molecule has 0 spiro atoms. The van der Waals surface area contributed by atoms with E-state index in [0.717, 1.165) is 31.5 Å². The average Bonchev–Trinajstić information content (AvgIpc) is 2.67. The van der Waals surface area contributed by atoms with Gasteiger partial charge in [0.1, 0.15) is 0 Å². The van der Waals surface area contributed by atoms with Gasteiger partial charge in [0.2, 0.25) is 0 Å². The van der Waals surface area contributed by atoms with Crippen LogP contribution >= 0.6 is 7.68 Å². The summed E-state index contributed by atoms with van der Waals surface area (Å²) in [4.78, 5) is 11.1. The molecule has 1 atom stereocenters. The van der Waals surface area contributed by atoms with Crippen LogP contribution in [0.1, 0.15) is 10.1 Å². The summed E-state index contributed by atoms with van der Waals surface area (Å²) in [5.74, 6) is 1.82. The molecule has 1 saturated heterocycles. The molecule has 1 unspecified atom stereocenters. The lowest BCUT2D eigenvalue weighted by atomic mass is 10.4. The third kappa shape index (κ3) is 1.82. The summed E-state index contributed by atoms with van der Waals surface area (Å²) in [5.41, 5.74) is 5.32. The van der Waals surface area contributed by atoms with Crippen molar-refractivity contribution in [1.82, 2.24) is 5.32 Å². The molecule has 0 aliphatic carbocycles. The molecule has 0 bridgehead atoms. The zero-order chi connectivity index (χ0) is 9.97. The van der Waals surface area contributed by atoms with Gasteiger partial charge in [-0.2, -0.15) is 0 Å². The van der Waals surface area contributed by atoms with Crippen LogP contribution in [-0.4, -0.2) is 32.1 Å². The number of nitrogens with one attached hydrogen (secondary N) is 1. The first kappa shape index (κ1) is 9.71. The first-order chi connectivity index (χ1) is 6.79. The van der Waals surface area contributed by atoms with Gasteiger partial charge in [0.05, 0.1) is 5.30 Å². The Morgan fingerprint density at radius 3 is 2.86 bits per heavy atom. The van der Waals surface area contributed by atoms with Gasteiger partial charge in [-0.3, -0.25) is 9.46 Å². The molecule has 2 rings (SSSR count). The van der Waals surface area contributed by atoms with Crippen molar-refractivity contribution in [1.29, 1.82) is 0 Å². The highest BCUT2D eigenvalue weighted by Gasteiger charge is 2.16. The molecular weight excluding hydrogens is 197 g/mol. The van der Waals surface area contributed by atoms with Crippen molar-refractivity contribution < 1.29 is 4.79 Å². The summed E-state index contributed by atoms with van der Waals surface area (Å²) >= 11 is 0. The topological polar surface area (TPSA) is 58.4 Å². The monoisotopic (exact) mass is 211 g/mol. The van der Waals surface area contributed by atoms with Crippen LogP contribution in [0, 0.1) is 0 Å². The maximum Gasteiger partial charge on any atom is 0.253 e. The van der Waals surface area contributed by atoms with E-state index in [1.807, 2.05) is 12.1 Å². The number of amides is 1. The van der Waals surface area contributed by atoms with Crippen molar-refractivity contribution in [3.8, 4) is 0 Å². The number of carbonyl (C=O) groups is 1. The average molecular weight is 211 g/mol. The van der Waals surface area contributed by atoms with E-state index in [2.05, 4.69) is 15.8 Å². The molecule has 2 heterocycles. The lowest BCUT2D eigenvalue weighted by Crippen LogP contribution is -2.42. The van der Waals surface area contributed by atoms with Gasteiger partial charge in [-0.25, -0.2) is 0 Å². The number of hydrogen-bond acceptors (Lipinski definition) is 3. The summed E-state index contributed by atoms with van der Waals surface area (Å²) in [6.45, 7) is 4.00. The van der Waals surface area contributed by atoms with Crippen LogP contribution in [0.4, 0.5) is 0 Å². The number of piperazine rings is 1. The van der Waals surface area contributed by atoms with E-state index < -0.39 is 7.68 Å². The lowest BCUT2D eigenvalue weighted by Gasteiger charge is -2.27. The first-order valence-corrected chi connectivity index (χ1v) is 6.08. The second-order valence-corrected chi connectivity index (χ2v) is 5.34. The number of nitrogens with two attached hydrogens (primary N) is 1. The van der Waals surface area contributed by atoms with Crippen LogP contribution in [0.5, 0.6) is 0 Å². The van der Waals surface area contributed by atoms with E-state index in [1.54, 1.807) is 0 Å². The van der Waals surface area contributed by atoms with Crippen molar-refractivity contribution in [2.75, 3.05) is 30.8 Å². The largest absolute Gasteiger partial charge is 0.365 e. The van der Waals surface area contributed by atoms with Crippen LogP contribution in [0.3, 0.4) is 0 Å². The lowest BCUT2D eigenvalue weighted by molar-refractivity contribution is 0.100. The van der Waals surface area contributed by atoms with Gasteiger partial charge in [0.15, 0.2) is 0 Å². The zero-order valence-electron chi connectivity index (χ0n) is 7.94. The second kappa shape index (κ2) is 4.13. The maximum absolute atomic E-state index is 11.1. The normalized spacial score (nSPS) is 19.6. The van der Waals surface area contributed by atoms with Crippen LogP contribution in [0.15, 0.2) is 17.9 Å². The maximum atomic E-state index is 11.1. The fourth-order valence-corrected chi connectivity index (χ4v) is 3.68. The predicted octanol–water partition coefficient (Wildman–Crippen LogP) is 0.313. The Morgan fingerprint density at radius 2 is 2.21 bits per heavy atom. The van der Waals surface area contributed by atoms with Gasteiger partial charge in [0.25, 0.3) is 5.91 Å². The van der Waals surface area contributed by atoms with E-state index in [1.165, 1.54) is 0 Å². The Bertz CT molecular complexity index is 331. The Kier molecular flexibility index (Phi) is 2.87. The van der Waals surface area contributed by atoms with Crippen LogP contribution < -0.4 is 15.7 Å². The highest BCUT2D eigenvalue weighted by molar-refractivity contribution is 7.52. The molecular formula is C9H14N3OP. The standard InChI is InChI=1S/C9H14N3OP/c10-9(13)8-2-1-7-14(8)12-5-3-11-4-6-12/h1-2,7,11H,3-6H2,(H2,10,13). The highest BCUT2D eigenvalue weighted by atomic mass is 31.1. The molecule has 1 aromatic rings. The van der Waals surface area contributed by atoms with Gasteiger partial charge in [-0.15, -0.1) is 0 Å². The predicted molar refractivity (Wildman–Crippen MR) is 58.5 cm³/mol. The molecule has 1 aliphatic heterocycles. The summed E-state index contributed by atoms with van der Waals surface area (Å²) in [5, 5.41) is 4.07. The van der Waals surface area contributed by atoms with E-state index in [9.17, 15) is 4.79 Å². The number of primary amides is 1. The molecule has 1 fully saturated rings. The molecule has 5 heteroatoms. The molecule has 1 aliphatic rings. The van der Waals surface area contributed by atoms with Gasteiger partial charge in [-0.1, -0.05) is 6.07 Å². The van der Waals surface area contributed by atoms with Crippen LogP contribution in [-0.2, 0) is 0 Å². The van der Waals surface area contributed by atoms with Crippen molar-refractivity contribution in [2.45, 2.75) is 0 Å². The molecule has 3 N–H and O–H groups in total. The fraction of sp³-hybridized carbons (Fsp3) is 0.444. The van der Waals surface area contributed by atoms with Crippen LogP contribution in [0.25, 0.3) is 0 Å². The number of rotatable bonds is 2. The van der Waals surface area contributed by atoms with Gasteiger partial charge < -0.3 is 11.1 Å². The minimum Gasteiger partial charge on any atom is -0.365 e. The molecule has 1 aromatic heterocycles. The third-order valence-corrected chi connectivity index (χ3v) is 4.71. The summed E-state index contributed by atoms with van der Waals surface area (Å²) in [6, 6.07) is 3.78. The number of nitrogens with zero attached hydrogens (tertiary/aromatic N) is 1. The van der Waals surface area contributed by atoms with E-state index in [0.29, 0.717) is 0 Å². The number of hydrogen-bond donors (Lipinski definition) is 2. The first-order valence-electron chi connectivity index (χ1n) is 4.72. The van der Waals surface area contributed by atoms with Gasteiger partial charge >= 0.3 is 0 Å². The van der Waals surface area contributed by atoms with Crippen molar-refractivity contribution in [3.05, 3.63) is 23.2 Å². The van der Waals surface area contributed by atoms with E-state index >= 15 is 0 Å². The quantitative estimate of drug-likeness (QED) is 0.740. The number of carbonyl (C=O) groups excluding carboxylic acids is 1. The third-order valence-electron chi connectivity index (χ3n) is 2.38.